The molecule has 3 aromatic rings. The zero-order valence-electron chi connectivity index (χ0n) is 30.8. The fourth-order valence-corrected chi connectivity index (χ4v) is 5.48. The molecule has 3 heterocycles. The average molecular weight is 669 g/mol. The van der Waals surface area contributed by atoms with Crippen LogP contribution in [-0.4, -0.2) is 75.8 Å². The molecule has 2 N–H and O–H groups in total. The van der Waals surface area contributed by atoms with Crippen LogP contribution in [0.15, 0.2) is 12.1 Å². The lowest BCUT2D eigenvalue weighted by Crippen LogP contribution is -2.37. The molecule has 48 heavy (non-hydrogen) atoms. The minimum Gasteiger partial charge on any atom is -0.494 e. The van der Waals surface area contributed by atoms with Crippen molar-refractivity contribution in [3.63, 3.8) is 0 Å². The molecule has 4 rings (SSSR count). The molecule has 0 radical (unpaired) electrons. The van der Waals surface area contributed by atoms with E-state index in [1.807, 2.05) is 12.1 Å². The van der Waals surface area contributed by atoms with Gasteiger partial charge in [0.15, 0.2) is 11.4 Å². The summed E-state index contributed by atoms with van der Waals surface area (Å²) < 4.78 is 20.7. The molecule has 0 bridgehead atoms. The van der Waals surface area contributed by atoms with Crippen LogP contribution in [0.3, 0.4) is 0 Å². The molecule has 12 heteroatoms. The molecule has 1 aliphatic rings. The summed E-state index contributed by atoms with van der Waals surface area (Å²) >= 11 is 0. The van der Waals surface area contributed by atoms with Gasteiger partial charge in [0.25, 0.3) is 0 Å². The van der Waals surface area contributed by atoms with E-state index in [-0.39, 0.29) is 29.5 Å². The largest absolute Gasteiger partial charge is 0.494 e. The number of aromatic nitrogens is 4. The SMILES string of the molecule is CC(C)(C)C(=O)O.CCc1c(OC(CC)CC)nn2c(=N)n(CC(=O)c3cc(N4CCOCC4)c(OC)c(C(C)(C)C)c3)nc2c1CC. The first kappa shape index (κ1) is 38.5. The highest BCUT2D eigenvalue weighted by molar-refractivity contribution is 5.98. The smallest absolute Gasteiger partial charge is 0.308 e. The van der Waals surface area contributed by atoms with Crippen LogP contribution in [0, 0.1) is 10.8 Å². The first-order valence-corrected chi connectivity index (χ1v) is 17.1. The summed E-state index contributed by atoms with van der Waals surface area (Å²) in [7, 11) is 1.68. The number of ether oxygens (including phenoxy) is 3. The van der Waals surface area contributed by atoms with Gasteiger partial charge in [0, 0.05) is 35.3 Å². The van der Waals surface area contributed by atoms with Gasteiger partial charge in [0.1, 0.15) is 12.3 Å². The predicted molar refractivity (Wildman–Crippen MR) is 187 cm³/mol. The van der Waals surface area contributed by atoms with Gasteiger partial charge in [0.2, 0.25) is 11.5 Å². The average Bonchev–Trinajstić information content (AvgIpc) is 3.35. The van der Waals surface area contributed by atoms with Crippen LogP contribution in [0.1, 0.15) is 109 Å². The third kappa shape index (κ3) is 8.75. The van der Waals surface area contributed by atoms with E-state index in [4.69, 9.17) is 34.9 Å². The number of benzene rings is 1. The third-order valence-electron chi connectivity index (χ3n) is 8.53. The lowest BCUT2D eigenvalue weighted by atomic mass is 9.84. The number of aliphatic carboxylic acids is 1. The van der Waals surface area contributed by atoms with Crippen molar-refractivity contribution in [2.24, 2.45) is 5.41 Å². The van der Waals surface area contributed by atoms with Gasteiger partial charge in [0.05, 0.1) is 37.5 Å². The van der Waals surface area contributed by atoms with Crippen molar-refractivity contribution in [3.05, 3.63) is 40.0 Å². The maximum absolute atomic E-state index is 13.8. The first-order chi connectivity index (χ1) is 22.5. The van der Waals surface area contributed by atoms with Gasteiger partial charge in [-0.25, -0.2) is 4.68 Å². The molecule has 12 nitrogen and oxygen atoms in total. The van der Waals surface area contributed by atoms with Crippen LogP contribution in [0.4, 0.5) is 5.69 Å². The van der Waals surface area contributed by atoms with Gasteiger partial charge in [-0.2, -0.15) is 4.52 Å². The predicted octanol–water partition coefficient (Wildman–Crippen LogP) is 5.85. The van der Waals surface area contributed by atoms with Gasteiger partial charge >= 0.3 is 5.97 Å². The zero-order valence-corrected chi connectivity index (χ0v) is 30.8. The van der Waals surface area contributed by atoms with E-state index in [9.17, 15) is 9.59 Å². The number of methoxy groups -OCH3 is 1. The Bertz CT molecular complexity index is 1640. The number of fused-ring (bicyclic) bond motifs is 1. The van der Waals surface area contributed by atoms with E-state index < -0.39 is 11.4 Å². The number of hydrogen-bond acceptors (Lipinski definition) is 9. The monoisotopic (exact) mass is 668 g/mol. The summed E-state index contributed by atoms with van der Waals surface area (Å²) in [5.74, 6) is 0.450. The Morgan fingerprint density at radius 2 is 1.56 bits per heavy atom. The number of ketones is 1. The number of carboxylic acids is 1. The number of rotatable bonds is 11. The molecule has 1 saturated heterocycles. The number of carbonyl (C=O) groups is 2. The fourth-order valence-electron chi connectivity index (χ4n) is 5.48. The van der Waals surface area contributed by atoms with E-state index >= 15 is 0 Å². The lowest BCUT2D eigenvalue weighted by Gasteiger charge is -2.33. The maximum atomic E-state index is 13.8. The molecular weight excluding hydrogens is 612 g/mol. The molecule has 0 spiro atoms. The number of nitrogens with one attached hydrogen (secondary N) is 1. The molecule has 0 aliphatic carbocycles. The normalized spacial score (nSPS) is 13.8. The number of anilines is 1. The van der Waals surface area contributed by atoms with Gasteiger partial charge < -0.3 is 24.2 Å². The minimum atomic E-state index is -0.757. The summed E-state index contributed by atoms with van der Waals surface area (Å²) in [6.45, 7) is 22.3. The van der Waals surface area contributed by atoms with Crippen LogP contribution in [-0.2, 0) is 34.3 Å². The number of nitrogens with zero attached hydrogens (tertiary/aromatic N) is 5. The zero-order chi connectivity index (χ0) is 36.0. The quantitative estimate of drug-likeness (QED) is 0.241. The van der Waals surface area contributed by atoms with Crippen molar-refractivity contribution >= 4 is 23.1 Å². The Labute approximate surface area is 284 Å². The Hall–Kier alpha value is -3.93. The molecule has 2 aromatic heterocycles. The van der Waals surface area contributed by atoms with Crippen molar-refractivity contribution in [2.75, 3.05) is 38.3 Å². The second kappa shape index (κ2) is 16.0. The molecule has 1 fully saturated rings. The number of Topliss-reactive ketones (excluding diaryl/α,β-unsaturated/α-hetero) is 1. The highest BCUT2D eigenvalue weighted by atomic mass is 16.5. The Morgan fingerprint density at radius 3 is 2.04 bits per heavy atom. The second-order valence-corrected chi connectivity index (χ2v) is 14.1. The third-order valence-corrected chi connectivity index (χ3v) is 8.53. The summed E-state index contributed by atoms with van der Waals surface area (Å²) in [6, 6.07) is 3.84. The molecule has 0 saturated carbocycles. The van der Waals surface area contributed by atoms with Crippen LogP contribution in [0.2, 0.25) is 0 Å². The molecule has 1 aliphatic heterocycles. The number of carboxylic acid groups (broad SMARTS) is 1. The number of carbonyl (C=O) groups excluding carboxylic acids is 1. The van der Waals surface area contributed by atoms with Gasteiger partial charge in [-0.05, 0) is 64.0 Å². The number of morpholine rings is 1. The standard InChI is InChI=1S/C31H46N6O4.C5H10O2/c1-9-21(10-2)41-29-23(12-4)22(11-3)28-33-36(30(32)37(28)34-29)19-26(38)20-17-24(31(5,6)7)27(39-8)25(18-20)35-13-15-40-16-14-35;1-5(2,3)4(6)7/h17-18,21,32H,9-16,19H2,1-8H3;1-3H3,(H,6,7). The fraction of sp³-hybridized carbons (Fsp3) is 0.639. The first-order valence-electron chi connectivity index (χ1n) is 17.1. The Morgan fingerprint density at radius 1 is 0.979 bits per heavy atom. The summed E-state index contributed by atoms with van der Waals surface area (Å²) in [4.78, 5) is 26.1. The van der Waals surface area contributed by atoms with Crippen LogP contribution in [0.5, 0.6) is 11.6 Å². The van der Waals surface area contributed by atoms with Crippen LogP contribution >= 0.6 is 0 Å². The van der Waals surface area contributed by atoms with E-state index in [2.05, 4.69) is 53.4 Å². The van der Waals surface area contributed by atoms with Crippen molar-refractivity contribution in [2.45, 2.75) is 113 Å². The van der Waals surface area contributed by atoms with Crippen molar-refractivity contribution in [3.8, 4) is 11.6 Å². The van der Waals surface area contributed by atoms with Crippen molar-refractivity contribution < 1.29 is 28.9 Å². The van der Waals surface area contributed by atoms with E-state index in [1.54, 1.807) is 27.9 Å². The highest BCUT2D eigenvalue weighted by Crippen LogP contribution is 2.40. The van der Waals surface area contributed by atoms with Crippen LogP contribution in [0.25, 0.3) is 5.65 Å². The Balaban J connectivity index is 0.000000804. The second-order valence-electron chi connectivity index (χ2n) is 14.1. The van der Waals surface area contributed by atoms with Crippen molar-refractivity contribution in [1.82, 2.24) is 19.4 Å². The highest BCUT2D eigenvalue weighted by Gasteiger charge is 2.28. The summed E-state index contributed by atoms with van der Waals surface area (Å²) in [5, 5.41) is 26.6. The molecular formula is C36H56N6O6. The Kier molecular flexibility index (Phi) is 12.8. The van der Waals surface area contributed by atoms with Crippen molar-refractivity contribution in [1.29, 1.82) is 5.41 Å². The lowest BCUT2D eigenvalue weighted by molar-refractivity contribution is -0.145. The molecule has 266 valence electrons. The van der Waals surface area contributed by atoms with E-state index in [0.29, 0.717) is 30.3 Å². The van der Waals surface area contributed by atoms with Crippen LogP contribution < -0.4 is 20.0 Å². The topological polar surface area (TPSA) is 144 Å². The minimum absolute atomic E-state index is 0.0399. The molecule has 0 unspecified atom stereocenters. The summed E-state index contributed by atoms with van der Waals surface area (Å²) in [5.41, 5.74) is 4.23. The number of aryl methyl sites for hydroxylation is 1. The number of hydrogen-bond donors (Lipinski definition) is 2. The van der Waals surface area contributed by atoms with Gasteiger partial charge in [-0.1, -0.05) is 48.5 Å². The van der Waals surface area contributed by atoms with Gasteiger partial charge in [-0.3, -0.25) is 15.0 Å². The van der Waals surface area contributed by atoms with Gasteiger partial charge in [-0.15, -0.1) is 10.2 Å². The van der Waals surface area contributed by atoms with E-state index in [1.165, 1.54) is 9.20 Å². The maximum Gasteiger partial charge on any atom is 0.308 e. The van der Waals surface area contributed by atoms with E-state index in [0.717, 1.165) is 66.9 Å². The molecule has 0 amide bonds. The molecule has 0 atom stereocenters. The summed E-state index contributed by atoms with van der Waals surface area (Å²) in [6.07, 6.45) is 3.26. The molecule has 1 aromatic carbocycles.